The van der Waals surface area contributed by atoms with Crippen LogP contribution in [0.2, 0.25) is 0 Å². The van der Waals surface area contributed by atoms with Crippen LogP contribution in [0.4, 0.5) is 10.8 Å². The van der Waals surface area contributed by atoms with Crippen LogP contribution in [-0.2, 0) is 6.54 Å². The standard InChI is InChI=1S/C15H12N4OS/c1-16-15-18-17-12(21-15)8-19-11-7-3-5-9-4-2-6-10(13(9)11)14(19)20/h2-7H,8H2,1H3,(H,16,18). The van der Waals surface area contributed by atoms with Gasteiger partial charge in [-0.3, -0.25) is 4.79 Å². The van der Waals surface area contributed by atoms with Crippen molar-refractivity contribution < 1.29 is 4.79 Å². The Morgan fingerprint density at radius 1 is 1.19 bits per heavy atom. The molecule has 0 spiro atoms. The van der Waals surface area contributed by atoms with Crippen LogP contribution >= 0.6 is 11.3 Å². The summed E-state index contributed by atoms with van der Waals surface area (Å²) in [7, 11) is 1.81. The average molecular weight is 296 g/mol. The van der Waals surface area contributed by atoms with Crippen LogP contribution in [0.3, 0.4) is 0 Å². The second-order valence-corrected chi connectivity index (χ2v) is 5.89. The first-order chi connectivity index (χ1) is 10.3. The molecule has 0 radical (unpaired) electrons. The van der Waals surface area contributed by atoms with Gasteiger partial charge in [-0.1, -0.05) is 35.6 Å². The SMILES string of the molecule is CNc1nnc(CN2C(=O)c3cccc4cccc2c34)s1. The summed E-state index contributed by atoms with van der Waals surface area (Å²) in [4.78, 5) is 14.4. The van der Waals surface area contributed by atoms with E-state index in [-0.39, 0.29) is 5.91 Å². The minimum atomic E-state index is 0.0306. The van der Waals surface area contributed by atoms with Crippen molar-refractivity contribution in [2.75, 3.05) is 17.3 Å². The third kappa shape index (κ3) is 1.80. The lowest BCUT2D eigenvalue weighted by Crippen LogP contribution is -2.25. The van der Waals surface area contributed by atoms with Crippen molar-refractivity contribution in [1.29, 1.82) is 0 Å². The van der Waals surface area contributed by atoms with E-state index in [0.29, 0.717) is 6.54 Å². The van der Waals surface area contributed by atoms with Gasteiger partial charge in [-0.25, -0.2) is 0 Å². The number of nitrogens with zero attached hydrogens (tertiary/aromatic N) is 3. The van der Waals surface area contributed by atoms with Gasteiger partial charge < -0.3 is 10.2 Å². The maximum Gasteiger partial charge on any atom is 0.259 e. The van der Waals surface area contributed by atoms with Crippen LogP contribution in [0.25, 0.3) is 10.8 Å². The molecule has 5 nitrogen and oxygen atoms in total. The molecule has 6 heteroatoms. The highest BCUT2D eigenvalue weighted by molar-refractivity contribution is 7.15. The smallest absolute Gasteiger partial charge is 0.259 e. The Morgan fingerprint density at radius 3 is 2.76 bits per heavy atom. The molecule has 0 fully saturated rings. The molecular weight excluding hydrogens is 284 g/mol. The Balaban J connectivity index is 1.78. The number of nitrogens with one attached hydrogen (secondary N) is 1. The molecule has 1 aliphatic rings. The Labute approximate surface area is 125 Å². The normalized spacial score (nSPS) is 13.2. The summed E-state index contributed by atoms with van der Waals surface area (Å²) in [5.74, 6) is 0.0306. The lowest BCUT2D eigenvalue weighted by atomic mass is 10.1. The summed E-state index contributed by atoms with van der Waals surface area (Å²) in [6.45, 7) is 0.450. The van der Waals surface area contributed by atoms with Crippen molar-refractivity contribution in [2.45, 2.75) is 6.54 Å². The zero-order valence-electron chi connectivity index (χ0n) is 11.3. The highest BCUT2D eigenvalue weighted by atomic mass is 32.1. The number of hydrogen-bond donors (Lipinski definition) is 1. The van der Waals surface area contributed by atoms with E-state index in [0.717, 1.165) is 32.2 Å². The topological polar surface area (TPSA) is 58.1 Å². The fourth-order valence-electron chi connectivity index (χ4n) is 2.69. The molecule has 0 unspecified atom stereocenters. The molecule has 0 aliphatic carbocycles. The summed E-state index contributed by atoms with van der Waals surface area (Å²) in [6, 6.07) is 11.8. The minimum Gasteiger partial charge on any atom is -0.363 e. The molecule has 1 aromatic heterocycles. The first-order valence-corrected chi connectivity index (χ1v) is 7.43. The fourth-order valence-corrected chi connectivity index (χ4v) is 3.37. The lowest BCUT2D eigenvalue weighted by Gasteiger charge is -2.15. The Hall–Kier alpha value is -2.47. The minimum absolute atomic E-state index is 0.0306. The lowest BCUT2D eigenvalue weighted by molar-refractivity contribution is 0.0991. The van der Waals surface area contributed by atoms with Crippen LogP contribution in [0.5, 0.6) is 0 Å². The predicted molar refractivity (Wildman–Crippen MR) is 83.9 cm³/mol. The van der Waals surface area contributed by atoms with Gasteiger partial charge in [0.1, 0.15) is 5.01 Å². The Bertz CT molecular complexity index is 853. The van der Waals surface area contributed by atoms with Gasteiger partial charge in [0, 0.05) is 18.0 Å². The van der Waals surface area contributed by atoms with Crippen molar-refractivity contribution in [3.8, 4) is 0 Å². The van der Waals surface area contributed by atoms with Gasteiger partial charge >= 0.3 is 0 Å². The summed E-state index contributed by atoms with van der Waals surface area (Å²) in [6.07, 6.45) is 0. The van der Waals surface area contributed by atoms with E-state index in [4.69, 9.17) is 0 Å². The van der Waals surface area contributed by atoms with E-state index in [2.05, 4.69) is 15.5 Å². The maximum atomic E-state index is 12.6. The molecule has 1 N–H and O–H groups in total. The number of anilines is 2. The first kappa shape index (κ1) is 12.3. The number of aromatic nitrogens is 2. The summed E-state index contributed by atoms with van der Waals surface area (Å²) in [5.41, 5.74) is 1.72. The van der Waals surface area contributed by atoms with E-state index in [9.17, 15) is 4.79 Å². The summed E-state index contributed by atoms with van der Waals surface area (Å²) >= 11 is 1.46. The Morgan fingerprint density at radius 2 is 2.00 bits per heavy atom. The average Bonchev–Trinajstić information content (AvgIpc) is 3.08. The van der Waals surface area contributed by atoms with Crippen molar-refractivity contribution >= 4 is 38.8 Å². The molecule has 1 aliphatic heterocycles. The molecule has 4 rings (SSSR count). The van der Waals surface area contributed by atoms with Gasteiger partial charge in [0.2, 0.25) is 5.13 Å². The van der Waals surface area contributed by atoms with Crippen LogP contribution in [0.15, 0.2) is 36.4 Å². The van der Waals surface area contributed by atoms with Crippen molar-refractivity contribution in [3.05, 3.63) is 47.0 Å². The molecule has 1 amide bonds. The van der Waals surface area contributed by atoms with E-state index in [1.54, 1.807) is 4.90 Å². The predicted octanol–water partition coefficient (Wildman–Crippen LogP) is 2.89. The molecule has 104 valence electrons. The first-order valence-electron chi connectivity index (χ1n) is 6.61. The maximum absolute atomic E-state index is 12.6. The molecule has 2 heterocycles. The zero-order valence-corrected chi connectivity index (χ0v) is 12.1. The molecule has 3 aromatic rings. The fraction of sp³-hybridized carbons (Fsp3) is 0.133. The molecule has 0 saturated heterocycles. The number of carbonyl (C=O) groups is 1. The van der Waals surface area contributed by atoms with E-state index in [1.165, 1.54) is 11.3 Å². The largest absolute Gasteiger partial charge is 0.363 e. The van der Waals surface area contributed by atoms with E-state index in [1.807, 2.05) is 43.4 Å². The van der Waals surface area contributed by atoms with Gasteiger partial charge in [0.25, 0.3) is 5.91 Å². The highest BCUT2D eigenvalue weighted by Gasteiger charge is 2.30. The number of carbonyl (C=O) groups excluding carboxylic acids is 1. The van der Waals surface area contributed by atoms with Gasteiger partial charge in [-0.15, -0.1) is 10.2 Å². The number of amides is 1. The second-order valence-electron chi connectivity index (χ2n) is 4.82. The molecular formula is C15H12N4OS. The number of benzene rings is 2. The zero-order chi connectivity index (χ0) is 14.4. The van der Waals surface area contributed by atoms with Gasteiger partial charge in [0.15, 0.2) is 0 Å². The van der Waals surface area contributed by atoms with E-state index >= 15 is 0 Å². The Kier molecular flexibility index (Phi) is 2.65. The highest BCUT2D eigenvalue weighted by Crippen LogP contribution is 2.38. The van der Waals surface area contributed by atoms with Gasteiger partial charge in [-0.05, 0) is 17.5 Å². The third-order valence-corrected chi connectivity index (χ3v) is 4.55. The summed E-state index contributed by atoms with van der Waals surface area (Å²) < 4.78 is 0. The number of hydrogen-bond acceptors (Lipinski definition) is 5. The van der Waals surface area contributed by atoms with Gasteiger partial charge in [-0.2, -0.15) is 0 Å². The van der Waals surface area contributed by atoms with Crippen molar-refractivity contribution in [2.24, 2.45) is 0 Å². The van der Waals surface area contributed by atoms with Crippen LogP contribution in [-0.4, -0.2) is 23.2 Å². The van der Waals surface area contributed by atoms with Gasteiger partial charge in [0.05, 0.1) is 12.2 Å². The second kappa shape index (κ2) is 4.53. The molecule has 21 heavy (non-hydrogen) atoms. The summed E-state index contributed by atoms with van der Waals surface area (Å²) in [5, 5.41) is 14.8. The number of rotatable bonds is 3. The van der Waals surface area contributed by atoms with Crippen molar-refractivity contribution in [1.82, 2.24) is 10.2 Å². The van der Waals surface area contributed by atoms with Crippen LogP contribution < -0.4 is 10.2 Å². The van der Waals surface area contributed by atoms with Crippen molar-refractivity contribution in [3.63, 3.8) is 0 Å². The molecule has 0 atom stereocenters. The third-order valence-electron chi connectivity index (χ3n) is 3.62. The molecule has 0 bridgehead atoms. The molecule has 0 saturated carbocycles. The monoisotopic (exact) mass is 296 g/mol. The van der Waals surface area contributed by atoms with Crippen LogP contribution in [0, 0.1) is 0 Å². The molecule has 2 aromatic carbocycles. The van der Waals surface area contributed by atoms with E-state index < -0.39 is 0 Å². The van der Waals surface area contributed by atoms with Crippen LogP contribution in [0.1, 0.15) is 15.4 Å². The quantitative estimate of drug-likeness (QED) is 0.807.